The Hall–Kier alpha value is -0.0400. The Labute approximate surface area is 65.2 Å². The SMILES string of the molecule is CC.CCC(C)NC1CC1. The molecule has 0 radical (unpaired) electrons. The fourth-order valence-electron chi connectivity index (χ4n) is 0.770. The highest BCUT2D eigenvalue weighted by molar-refractivity contribution is 4.82. The molecule has 0 aliphatic heterocycles. The van der Waals surface area contributed by atoms with Gasteiger partial charge in [0.2, 0.25) is 0 Å². The zero-order chi connectivity index (χ0) is 7.98. The Bertz CT molecular complexity index is 67.1. The molecule has 0 aromatic rings. The van der Waals surface area contributed by atoms with Crippen LogP contribution < -0.4 is 5.32 Å². The first-order valence-corrected chi connectivity index (χ1v) is 4.59. The quantitative estimate of drug-likeness (QED) is 0.640. The van der Waals surface area contributed by atoms with Gasteiger partial charge in [-0.15, -0.1) is 0 Å². The van der Waals surface area contributed by atoms with Gasteiger partial charge in [-0.1, -0.05) is 20.8 Å². The maximum atomic E-state index is 3.50. The van der Waals surface area contributed by atoms with Crippen molar-refractivity contribution in [2.75, 3.05) is 0 Å². The Morgan fingerprint density at radius 3 is 2.20 bits per heavy atom. The minimum atomic E-state index is 0.738. The van der Waals surface area contributed by atoms with Gasteiger partial charge in [0.15, 0.2) is 0 Å². The van der Waals surface area contributed by atoms with Crippen LogP contribution in [-0.2, 0) is 0 Å². The van der Waals surface area contributed by atoms with E-state index in [-0.39, 0.29) is 0 Å². The zero-order valence-corrected chi connectivity index (χ0v) is 7.78. The van der Waals surface area contributed by atoms with Gasteiger partial charge in [-0.3, -0.25) is 0 Å². The van der Waals surface area contributed by atoms with Crippen molar-refractivity contribution in [3.8, 4) is 0 Å². The molecule has 1 heteroatoms. The van der Waals surface area contributed by atoms with Gasteiger partial charge in [-0.25, -0.2) is 0 Å². The van der Waals surface area contributed by atoms with Crippen molar-refractivity contribution >= 4 is 0 Å². The Morgan fingerprint density at radius 1 is 1.40 bits per heavy atom. The summed E-state index contributed by atoms with van der Waals surface area (Å²) in [5, 5.41) is 3.50. The lowest BCUT2D eigenvalue weighted by atomic mass is 10.2. The van der Waals surface area contributed by atoms with E-state index in [0.29, 0.717) is 0 Å². The smallest absolute Gasteiger partial charge is 0.00706 e. The lowest BCUT2D eigenvalue weighted by Crippen LogP contribution is -2.26. The van der Waals surface area contributed by atoms with E-state index in [4.69, 9.17) is 0 Å². The summed E-state index contributed by atoms with van der Waals surface area (Å²) in [7, 11) is 0. The third-order valence-corrected chi connectivity index (χ3v) is 1.71. The molecule has 0 saturated heterocycles. The Kier molecular flexibility index (Phi) is 5.70. The number of nitrogens with one attached hydrogen (secondary N) is 1. The van der Waals surface area contributed by atoms with Crippen molar-refractivity contribution in [1.29, 1.82) is 0 Å². The minimum Gasteiger partial charge on any atom is -0.312 e. The van der Waals surface area contributed by atoms with Gasteiger partial charge in [-0.2, -0.15) is 0 Å². The van der Waals surface area contributed by atoms with Crippen LogP contribution in [0.15, 0.2) is 0 Å². The van der Waals surface area contributed by atoms with Crippen molar-refractivity contribution in [3.63, 3.8) is 0 Å². The molecule has 0 aromatic heterocycles. The van der Waals surface area contributed by atoms with Crippen LogP contribution in [0.1, 0.15) is 47.0 Å². The van der Waals surface area contributed by atoms with E-state index >= 15 is 0 Å². The molecule has 1 atom stereocenters. The van der Waals surface area contributed by atoms with Gasteiger partial charge in [0, 0.05) is 12.1 Å². The van der Waals surface area contributed by atoms with Gasteiger partial charge in [-0.05, 0) is 26.2 Å². The molecule has 1 unspecified atom stereocenters. The van der Waals surface area contributed by atoms with E-state index in [1.54, 1.807) is 0 Å². The van der Waals surface area contributed by atoms with Gasteiger partial charge in [0.1, 0.15) is 0 Å². The minimum absolute atomic E-state index is 0.738. The highest BCUT2D eigenvalue weighted by Gasteiger charge is 2.21. The summed E-state index contributed by atoms with van der Waals surface area (Å²) in [6, 6.07) is 1.62. The van der Waals surface area contributed by atoms with Crippen molar-refractivity contribution in [2.45, 2.75) is 59.0 Å². The van der Waals surface area contributed by atoms with Crippen LogP contribution in [0.5, 0.6) is 0 Å². The van der Waals surface area contributed by atoms with Crippen LogP contribution in [0.2, 0.25) is 0 Å². The van der Waals surface area contributed by atoms with Crippen molar-refractivity contribution in [1.82, 2.24) is 5.32 Å². The molecule has 1 saturated carbocycles. The molecule has 1 aliphatic carbocycles. The molecule has 0 spiro atoms. The molecule has 1 nitrogen and oxygen atoms in total. The largest absolute Gasteiger partial charge is 0.312 e. The molecule has 0 heterocycles. The molecule has 1 fully saturated rings. The molecular formula is C9H21N. The lowest BCUT2D eigenvalue weighted by Gasteiger charge is -2.08. The molecular weight excluding hydrogens is 122 g/mol. The molecule has 0 amide bonds. The highest BCUT2D eigenvalue weighted by atomic mass is 15.0. The van der Waals surface area contributed by atoms with Gasteiger partial charge >= 0.3 is 0 Å². The van der Waals surface area contributed by atoms with Gasteiger partial charge in [0.05, 0.1) is 0 Å². The average Bonchev–Trinajstić information content (AvgIpc) is 2.76. The van der Waals surface area contributed by atoms with Crippen LogP contribution >= 0.6 is 0 Å². The van der Waals surface area contributed by atoms with E-state index in [1.807, 2.05) is 13.8 Å². The average molecular weight is 143 g/mol. The van der Waals surface area contributed by atoms with Crippen molar-refractivity contribution < 1.29 is 0 Å². The molecule has 1 rings (SSSR count). The van der Waals surface area contributed by atoms with Gasteiger partial charge < -0.3 is 5.32 Å². The zero-order valence-electron chi connectivity index (χ0n) is 7.78. The highest BCUT2D eigenvalue weighted by Crippen LogP contribution is 2.19. The summed E-state index contributed by atoms with van der Waals surface area (Å²) >= 11 is 0. The van der Waals surface area contributed by atoms with Crippen LogP contribution in [0.3, 0.4) is 0 Å². The van der Waals surface area contributed by atoms with E-state index in [0.717, 1.165) is 12.1 Å². The number of rotatable bonds is 3. The second-order valence-corrected chi connectivity index (χ2v) is 2.75. The third kappa shape index (κ3) is 4.80. The summed E-state index contributed by atoms with van der Waals surface area (Å²) in [4.78, 5) is 0. The second kappa shape index (κ2) is 5.72. The lowest BCUT2D eigenvalue weighted by molar-refractivity contribution is 0.531. The van der Waals surface area contributed by atoms with Crippen LogP contribution in [0.4, 0.5) is 0 Å². The summed E-state index contributed by atoms with van der Waals surface area (Å²) in [5.74, 6) is 0. The molecule has 62 valence electrons. The van der Waals surface area contributed by atoms with Crippen molar-refractivity contribution in [2.24, 2.45) is 0 Å². The molecule has 10 heavy (non-hydrogen) atoms. The first-order valence-electron chi connectivity index (χ1n) is 4.59. The molecule has 0 aromatic carbocycles. The number of hydrogen-bond donors (Lipinski definition) is 1. The monoisotopic (exact) mass is 143 g/mol. The first-order chi connectivity index (χ1) is 4.83. The van der Waals surface area contributed by atoms with Crippen LogP contribution in [0.25, 0.3) is 0 Å². The van der Waals surface area contributed by atoms with E-state index < -0.39 is 0 Å². The standard InChI is InChI=1S/C7H15N.C2H6/c1-3-6(2)8-7-4-5-7;1-2/h6-8H,3-5H2,1-2H3;1-2H3. The predicted octanol–water partition coefficient (Wildman–Crippen LogP) is 2.56. The van der Waals surface area contributed by atoms with Gasteiger partial charge in [0.25, 0.3) is 0 Å². The summed E-state index contributed by atoms with van der Waals surface area (Å²) < 4.78 is 0. The maximum Gasteiger partial charge on any atom is 0.00706 e. The molecule has 0 bridgehead atoms. The van der Waals surface area contributed by atoms with Crippen LogP contribution in [0, 0.1) is 0 Å². The van der Waals surface area contributed by atoms with Crippen LogP contribution in [-0.4, -0.2) is 12.1 Å². The fraction of sp³-hybridized carbons (Fsp3) is 1.00. The van der Waals surface area contributed by atoms with E-state index in [1.165, 1.54) is 19.3 Å². The second-order valence-electron chi connectivity index (χ2n) is 2.75. The summed E-state index contributed by atoms with van der Waals surface area (Å²) in [6.45, 7) is 8.47. The first kappa shape index (κ1) is 9.96. The molecule has 1 N–H and O–H groups in total. The summed E-state index contributed by atoms with van der Waals surface area (Å²) in [5.41, 5.74) is 0. The normalized spacial score (nSPS) is 19.2. The fourth-order valence-corrected chi connectivity index (χ4v) is 0.770. The third-order valence-electron chi connectivity index (χ3n) is 1.71. The maximum absolute atomic E-state index is 3.50. The molecule has 1 aliphatic rings. The number of hydrogen-bond acceptors (Lipinski definition) is 1. The Morgan fingerprint density at radius 2 is 1.90 bits per heavy atom. The van der Waals surface area contributed by atoms with E-state index in [9.17, 15) is 0 Å². The summed E-state index contributed by atoms with van der Waals surface area (Å²) in [6.07, 6.45) is 4.07. The van der Waals surface area contributed by atoms with Crippen molar-refractivity contribution in [3.05, 3.63) is 0 Å². The van der Waals surface area contributed by atoms with E-state index in [2.05, 4.69) is 19.2 Å². The Balaban J connectivity index is 0.000000371. The predicted molar refractivity (Wildman–Crippen MR) is 47.3 cm³/mol. The topological polar surface area (TPSA) is 12.0 Å².